The van der Waals surface area contributed by atoms with Gasteiger partial charge in [-0.25, -0.2) is 0 Å². The number of H-pyrrole nitrogens is 1. The van der Waals surface area contributed by atoms with Crippen LogP contribution in [0.5, 0.6) is 0 Å². The van der Waals surface area contributed by atoms with E-state index in [0.717, 1.165) is 29.7 Å². The summed E-state index contributed by atoms with van der Waals surface area (Å²) in [6.07, 6.45) is 14.3. The average molecular weight is 223 g/mol. The van der Waals surface area contributed by atoms with Gasteiger partial charge in [0.05, 0.1) is 11.9 Å². The molecule has 1 N–H and O–H groups in total. The van der Waals surface area contributed by atoms with Gasteiger partial charge in [0.25, 0.3) is 0 Å². The van der Waals surface area contributed by atoms with Crippen LogP contribution >= 0.6 is 0 Å². The molecule has 0 unspecified atom stereocenters. The molecular formula is C14H13N3. The molecule has 1 aliphatic rings. The highest BCUT2D eigenvalue weighted by atomic mass is 15.1. The molecule has 17 heavy (non-hydrogen) atoms. The maximum Gasteiger partial charge on any atom is 0.0725 e. The van der Waals surface area contributed by atoms with Crippen LogP contribution in [0.1, 0.15) is 18.5 Å². The molecule has 0 spiro atoms. The van der Waals surface area contributed by atoms with Crippen LogP contribution in [0.4, 0.5) is 0 Å². The molecule has 0 saturated carbocycles. The van der Waals surface area contributed by atoms with E-state index >= 15 is 0 Å². The largest absolute Gasteiger partial charge is 0.277 e. The highest BCUT2D eigenvalue weighted by Crippen LogP contribution is 2.29. The Morgan fingerprint density at radius 3 is 2.94 bits per heavy atom. The van der Waals surface area contributed by atoms with Gasteiger partial charge in [0, 0.05) is 23.5 Å². The molecule has 0 saturated heterocycles. The second kappa shape index (κ2) is 4.37. The molecule has 0 bridgehead atoms. The smallest absolute Gasteiger partial charge is 0.0725 e. The van der Waals surface area contributed by atoms with Gasteiger partial charge < -0.3 is 0 Å². The summed E-state index contributed by atoms with van der Waals surface area (Å²) in [5.41, 5.74) is 4.49. The number of rotatable bonds is 2. The molecule has 0 amide bonds. The quantitative estimate of drug-likeness (QED) is 0.849. The second-order valence-corrected chi connectivity index (χ2v) is 4.04. The van der Waals surface area contributed by atoms with Crippen molar-refractivity contribution in [2.75, 3.05) is 0 Å². The van der Waals surface area contributed by atoms with Crippen molar-refractivity contribution in [2.45, 2.75) is 12.8 Å². The summed E-state index contributed by atoms with van der Waals surface area (Å²) in [4.78, 5) is 4.15. The summed E-state index contributed by atoms with van der Waals surface area (Å²) in [5, 5.41) is 7.22. The minimum atomic E-state index is 1.08. The third-order valence-electron chi connectivity index (χ3n) is 2.90. The molecule has 0 aromatic carbocycles. The van der Waals surface area contributed by atoms with Crippen molar-refractivity contribution in [3.05, 3.63) is 54.6 Å². The van der Waals surface area contributed by atoms with E-state index in [2.05, 4.69) is 39.5 Å². The van der Waals surface area contributed by atoms with Crippen molar-refractivity contribution in [3.63, 3.8) is 0 Å². The molecule has 0 fully saturated rings. The molecule has 2 aromatic heterocycles. The van der Waals surface area contributed by atoms with Crippen LogP contribution in [0.2, 0.25) is 0 Å². The van der Waals surface area contributed by atoms with Crippen molar-refractivity contribution >= 4 is 5.57 Å². The highest BCUT2D eigenvalue weighted by Gasteiger charge is 2.11. The van der Waals surface area contributed by atoms with Crippen LogP contribution in [0, 0.1) is 0 Å². The molecule has 2 aromatic rings. The lowest BCUT2D eigenvalue weighted by Gasteiger charge is -2.07. The first-order valence-electron chi connectivity index (χ1n) is 5.76. The van der Waals surface area contributed by atoms with Crippen molar-refractivity contribution in [3.8, 4) is 11.1 Å². The zero-order valence-electron chi connectivity index (χ0n) is 9.43. The Hall–Kier alpha value is -2.16. The summed E-state index contributed by atoms with van der Waals surface area (Å²) < 4.78 is 0. The van der Waals surface area contributed by atoms with Gasteiger partial charge in [0.15, 0.2) is 0 Å². The Bertz CT molecular complexity index is 564. The van der Waals surface area contributed by atoms with Crippen LogP contribution in [-0.4, -0.2) is 15.2 Å². The first kappa shape index (κ1) is 10.0. The van der Waals surface area contributed by atoms with Gasteiger partial charge in [-0.05, 0) is 24.5 Å². The van der Waals surface area contributed by atoms with E-state index in [-0.39, 0.29) is 0 Å². The third-order valence-corrected chi connectivity index (χ3v) is 2.90. The summed E-state index contributed by atoms with van der Waals surface area (Å²) in [5.74, 6) is 0. The minimum Gasteiger partial charge on any atom is -0.277 e. The Morgan fingerprint density at radius 1 is 1.18 bits per heavy atom. The SMILES string of the molecule is C1=CC(c2[nH]ncc2-c2cccnc2)=CCC1. The number of hydrogen-bond acceptors (Lipinski definition) is 2. The van der Waals surface area contributed by atoms with E-state index in [1.54, 1.807) is 6.20 Å². The Balaban J connectivity index is 2.06. The number of allylic oxidation sites excluding steroid dienone is 4. The zero-order valence-corrected chi connectivity index (χ0v) is 9.43. The van der Waals surface area contributed by atoms with Gasteiger partial charge in [-0.3, -0.25) is 10.1 Å². The summed E-state index contributed by atoms with van der Waals surface area (Å²) in [6.45, 7) is 0. The standard InChI is InChI=1S/C14H13N3/c1-2-5-11(6-3-1)14-13(10-16-17-14)12-7-4-8-15-9-12/h2,4-10H,1,3H2,(H,16,17). The van der Waals surface area contributed by atoms with E-state index in [0.29, 0.717) is 0 Å². The van der Waals surface area contributed by atoms with Crippen LogP contribution in [0.25, 0.3) is 16.7 Å². The number of hydrogen-bond donors (Lipinski definition) is 1. The van der Waals surface area contributed by atoms with Gasteiger partial charge in [-0.1, -0.05) is 24.3 Å². The summed E-state index contributed by atoms with van der Waals surface area (Å²) in [6, 6.07) is 3.99. The molecule has 3 nitrogen and oxygen atoms in total. The van der Waals surface area contributed by atoms with Gasteiger partial charge in [-0.15, -0.1) is 0 Å². The molecule has 0 aliphatic heterocycles. The Labute approximate surface area is 99.9 Å². The van der Waals surface area contributed by atoms with Crippen molar-refractivity contribution in [2.24, 2.45) is 0 Å². The first-order valence-corrected chi connectivity index (χ1v) is 5.76. The molecule has 0 radical (unpaired) electrons. The highest BCUT2D eigenvalue weighted by molar-refractivity contribution is 5.83. The van der Waals surface area contributed by atoms with Gasteiger partial charge in [0.1, 0.15) is 0 Å². The topological polar surface area (TPSA) is 41.6 Å². The molecule has 2 heterocycles. The lowest BCUT2D eigenvalue weighted by Crippen LogP contribution is -1.89. The molecule has 1 aliphatic carbocycles. The Morgan fingerprint density at radius 2 is 2.18 bits per heavy atom. The van der Waals surface area contributed by atoms with Gasteiger partial charge in [0.2, 0.25) is 0 Å². The predicted octanol–water partition coefficient (Wildman–Crippen LogP) is 3.21. The first-order chi connectivity index (χ1) is 8.45. The van der Waals surface area contributed by atoms with Gasteiger partial charge >= 0.3 is 0 Å². The maximum atomic E-state index is 4.15. The molecule has 0 atom stereocenters. The fraction of sp³-hybridized carbons (Fsp3) is 0.143. The van der Waals surface area contributed by atoms with E-state index in [9.17, 15) is 0 Å². The van der Waals surface area contributed by atoms with Crippen molar-refractivity contribution < 1.29 is 0 Å². The molecular weight excluding hydrogens is 210 g/mol. The number of aromatic nitrogens is 3. The summed E-state index contributed by atoms with van der Waals surface area (Å²) >= 11 is 0. The zero-order chi connectivity index (χ0) is 11.5. The number of nitrogens with one attached hydrogen (secondary N) is 1. The van der Waals surface area contributed by atoms with E-state index in [4.69, 9.17) is 0 Å². The van der Waals surface area contributed by atoms with Gasteiger partial charge in [-0.2, -0.15) is 5.10 Å². The fourth-order valence-electron chi connectivity index (χ4n) is 2.05. The predicted molar refractivity (Wildman–Crippen MR) is 68.2 cm³/mol. The minimum absolute atomic E-state index is 1.08. The third kappa shape index (κ3) is 1.91. The number of nitrogens with zero attached hydrogens (tertiary/aromatic N) is 2. The van der Waals surface area contributed by atoms with E-state index in [1.165, 1.54) is 5.57 Å². The average Bonchev–Trinajstić information content (AvgIpc) is 2.90. The monoisotopic (exact) mass is 223 g/mol. The van der Waals surface area contributed by atoms with Crippen LogP contribution in [0.15, 0.2) is 49.0 Å². The normalized spacial score (nSPS) is 14.7. The lowest BCUT2D eigenvalue weighted by molar-refractivity contribution is 1.03. The number of pyridine rings is 1. The molecule has 3 rings (SSSR count). The van der Waals surface area contributed by atoms with E-state index < -0.39 is 0 Å². The second-order valence-electron chi connectivity index (χ2n) is 4.04. The molecule has 84 valence electrons. The van der Waals surface area contributed by atoms with Crippen LogP contribution in [0.3, 0.4) is 0 Å². The summed E-state index contributed by atoms with van der Waals surface area (Å²) in [7, 11) is 0. The van der Waals surface area contributed by atoms with Crippen molar-refractivity contribution in [1.29, 1.82) is 0 Å². The number of aromatic amines is 1. The fourth-order valence-corrected chi connectivity index (χ4v) is 2.05. The Kier molecular flexibility index (Phi) is 2.58. The van der Waals surface area contributed by atoms with E-state index in [1.807, 2.05) is 18.5 Å². The van der Waals surface area contributed by atoms with Crippen molar-refractivity contribution in [1.82, 2.24) is 15.2 Å². The van der Waals surface area contributed by atoms with Crippen LogP contribution < -0.4 is 0 Å². The van der Waals surface area contributed by atoms with Crippen LogP contribution in [-0.2, 0) is 0 Å². The lowest BCUT2D eigenvalue weighted by atomic mass is 9.99. The molecule has 3 heteroatoms. The maximum absolute atomic E-state index is 4.15.